The van der Waals surface area contributed by atoms with Crippen molar-refractivity contribution in [3.05, 3.63) is 23.7 Å². The van der Waals surface area contributed by atoms with E-state index in [0.717, 1.165) is 30.7 Å². The Hall–Kier alpha value is -0.800. The maximum Gasteiger partial charge on any atom is 0.105 e. The molecular formula is C17H28N2O. The summed E-state index contributed by atoms with van der Waals surface area (Å²) in [5.41, 5.74) is 7.73. The Morgan fingerprint density at radius 3 is 2.75 bits per heavy atom. The number of rotatable bonds is 5. The Balaban J connectivity index is 1.71. The fourth-order valence-corrected chi connectivity index (χ4v) is 4.04. The van der Waals surface area contributed by atoms with Crippen LogP contribution in [0.2, 0.25) is 0 Å². The van der Waals surface area contributed by atoms with E-state index in [0.29, 0.717) is 0 Å². The van der Waals surface area contributed by atoms with Crippen LogP contribution < -0.4 is 5.73 Å². The zero-order chi connectivity index (χ0) is 14.2. The molecule has 2 N–H and O–H groups in total. The standard InChI is InChI=1S/C17H28N2O/c1-13-16(7-9-20-13)11-19(2)17(12-18)8-3-4-15(10-17)14-5-6-14/h7,9,14-15H,3-6,8,10-12,18H2,1-2H3. The molecule has 112 valence electrons. The summed E-state index contributed by atoms with van der Waals surface area (Å²) in [6.07, 6.45) is 10.0. The largest absolute Gasteiger partial charge is 0.469 e. The van der Waals surface area contributed by atoms with Gasteiger partial charge in [0.2, 0.25) is 0 Å². The van der Waals surface area contributed by atoms with Gasteiger partial charge in [-0.2, -0.15) is 0 Å². The van der Waals surface area contributed by atoms with E-state index in [1.54, 1.807) is 6.26 Å². The van der Waals surface area contributed by atoms with Crippen molar-refractivity contribution in [2.45, 2.75) is 57.5 Å². The maximum absolute atomic E-state index is 6.22. The van der Waals surface area contributed by atoms with Crippen molar-refractivity contribution in [2.75, 3.05) is 13.6 Å². The van der Waals surface area contributed by atoms with Crippen molar-refractivity contribution >= 4 is 0 Å². The van der Waals surface area contributed by atoms with E-state index in [9.17, 15) is 0 Å². The van der Waals surface area contributed by atoms with Gasteiger partial charge in [-0.05, 0) is 57.6 Å². The summed E-state index contributed by atoms with van der Waals surface area (Å²) in [4.78, 5) is 2.50. The molecule has 1 aromatic rings. The van der Waals surface area contributed by atoms with Crippen LogP contribution in [-0.4, -0.2) is 24.0 Å². The molecule has 2 unspecified atom stereocenters. The summed E-state index contributed by atoms with van der Waals surface area (Å²) >= 11 is 0. The number of aryl methyl sites for hydroxylation is 1. The highest BCUT2D eigenvalue weighted by atomic mass is 16.3. The van der Waals surface area contributed by atoms with Crippen LogP contribution in [0.4, 0.5) is 0 Å². The van der Waals surface area contributed by atoms with Crippen LogP contribution in [0, 0.1) is 18.8 Å². The number of furan rings is 1. The normalized spacial score (nSPS) is 30.9. The van der Waals surface area contributed by atoms with Gasteiger partial charge in [-0.25, -0.2) is 0 Å². The number of nitrogens with two attached hydrogens (primary N) is 1. The molecule has 0 spiro atoms. The minimum absolute atomic E-state index is 0.204. The second kappa shape index (κ2) is 5.53. The fourth-order valence-electron chi connectivity index (χ4n) is 4.04. The molecule has 3 rings (SSSR count). The third-order valence-corrected chi connectivity index (χ3v) is 5.71. The number of likely N-dealkylation sites (N-methyl/N-ethyl adjacent to an activating group) is 1. The highest BCUT2D eigenvalue weighted by molar-refractivity contribution is 5.16. The van der Waals surface area contributed by atoms with Crippen LogP contribution in [0.1, 0.15) is 49.8 Å². The minimum atomic E-state index is 0.204. The molecule has 0 radical (unpaired) electrons. The van der Waals surface area contributed by atoms with Crippen molar-refractivity contribution < 1.29 is 4.42 Å². The monoisotopic (exact) mass is 276 g/mol. The van der Waals surface area contributed by atoms with Gasteiger partial charge in [-0.15, -0.1) is 0 Å². The molecule has 3 heteroatoms. The van der Waals surface area contributed by atoms with Crippen LogP contribution >= 0.6 is 0 Å². The smallest absolute Gasteiger partial charge is 0.105 e. The molecule has 1 aromatic heterocycles. The van der Waals surface area contributed by atoms with Crippen LogP contribution in [0.5, 0.6) is 0 Å². The van der Waals surface area contributed by atoms with Gasteiger partial charge in [0.25, 0.3) is 0 Å². The SMILES string of the molecule is Cc1occc1CN(C)C1(CN)CCCC(C2CC2)C1. The summed E-state index contributed by atoms with van der Waals surface area (Å²) in [6.45, 7) is 3.78. The van der Waals surface area contributed by atoms with Gasteiger partial charge < -0.3 is 10.2 Å². The van der Waals surface area contributed by atoms with Gasteiger partial charge in [0.05, 0.1) is 6.26 Å². The van der Waals surface area contributed by atoms with Gasteiger partial charge in [-0.1, -0.05) is 12.8 Å². The van der Waals surface area contributed by atoms with Gasteiger partial charge >= 0.3 is 0 Å². The van der Waals surface area contributed by atoms with E-state index in [2.05, 4.69) is 18.0 Å². The Kier molecular flexibility index (Phi) is 3.91. The predicted molar refractivity (Wildman–Crippen MR) is 81.4 cm³/mol. The summed E-state index contributed by atoms with van der Waals surface area (Å²) in [5.74, 6) is 2.96. The first-order valence-electron chi connectivity index (χ1n) is 8.09. The average molecular weight is 276 g/mol. The van der Waals surface area contributed by atoms with E-state index in [4.69, 9.17) is 10.2 Å². The number of nitrogens with zero attached hydrogens (tertiary/aromatic N) is 1. The third kappa shape index (κ3) is 2.66. The Labute approximate surface area is 122 Å². The predicted octanol–water partition coefficient (Wildman–Crippen LogP) is 3.32. The Morgan fingerprint density at radius 1 is 1.35 bits per heavy atom. The lowest BCUT2D eigenvalue weighted by atomic mass is 9.73. The highest BCUT2D eigenvalue weighted by Gasteiger charge is 2.43. The molecule has 2 aliphatic carbocycles. The zero-order valence-corrected chi connectivity index (χ0v) is 12.9. The summed E-state index contributed by atoms with van der Waals surface area (Å²) in [7, 11) is 2.24. The van der Waals surface area contributed by atoms with Crippen molar-refractivity contribution in [2.24, 2.45) is 17.6 Å². The lowest BCUT2D eigenvalue weighted by molar-refractivity contribution is 0.0456. The molecule has 0 amide bonds. The highest BCUT2D eigenvalue weighted by Crippen LogP contribution is 2.47. The van der Waals surface area contributed by atoms with E-state index < -0.39 is 0 Å². The summed E-state index contributed by atoms with van der Waals surface area (Å²) in [6, 6.07) is 2.09. The first-order valence-corrected chi connectivity index (χ1v) is 8.09. The third-order valence-electron chi connectivity index (χ3n) is 5.71. The fraction of sp³-hybridized carbons (Fsp3) is 0.765. The van der Waals surface area contributed by atoms with Crippen molar-refractivity contribution in [3.63, 3.8) is 0 Å². The molecule has 3 nitrogen and oxygen atoms in total. The van der Waals surface area contributed by atoms with Gasteiger partial charge in [0, 0.05) is 24.2 Å². The van der Waals surface area contributed by atoms with Crippen LogP contribution in [0.15, 0.2) is 16.7 Å². The second-order valence-corrected chi connectivity index (χ2v) is 6.98. The van der Waals surface area contributed by atoms with Gasteiger partial charge in [0.15, 0.2) is 0 Å². The van der Waals surface area contributed by atoms with Crippen molar-refractivity contribution in [1.29, 1.82) is 0 Å². The van der Waals surface area contributed by atoms with Crippen LogP contribution in [-0.2, 0) is 6.54 Å². The van der Waals surface area contributed by atoms with Crippen LogP contribution in [0.25, 0.3) is 0 Å². The summed E-state index contributed by atoms with van der Waals surface area (Å²) in [5, 5.41) is 0. The molecule has 1 heterocycles. The molecule has 0 bridgehead atoms. The lowest BCUT2D eigenvalue weighted by Gasteiger charge is -2.47. The topological polar surface area (TPSA) is 42.4 Å². The summed E-state index contributed by atoms with van der Waals surface area (Å²) < 4.78 is 5.43. The lowest BCUT2D eigenvalue weighted by Crippen LogP contribution is -2.54. The first kappa shape index (κ1) is 14.2. The van der Waals surface area contributed by atoms with Gasteiger partial charge in [0.1, 0.15) is 5.76 Å². The molecular weight excluding hydrogens is 248 g/mol. The van der Waals surface area contributed by atoms with Crippen LogP contribution in [0.3, 0.4) is 0 Å². The molecule has 2 aliphatic rings. The molecule has 2 fully saturated rings. The van der Waals surface area contributed by atoms with Gasteiger partial charge in [-0.3, -0.25) is 4.90 Å². The molecule has 0 aromatic carbocycles. The van der Waals surface area contributed by atoms with E-state index >= 15 is 0 Å². The van der Waals surface area contributed by atoms with E-state index in [1.165, 1.54) is 44.1 Å². The first-order chi connectivity index (χ1) is 9.64. The van der Waals surface area contributed by atoms with Crippen molar-refractivity contribution in [1.82, 2.24) is 4.90 Å². The molecule has 0 saturated heterocycles. The Morgan fingerprint density at radius 2 is 2.15 bits per heavy atom. The quantitative estimate of drug-likeness (QED) is 0.897. The zero-order valence-electron chi connectivity index (χ0n) is 12.9. The van der Waals surface area contributed by atoms with E-state index in [1.807, 2.05) is 6.92 Å². The second-order valence-electron chi connectivity index (χ2n) is 6.98. The number of hydrogen-bond acceptors (Lipinski definition) is 3. The molecule has 2 saturated carbocycles. The van der Waals surface area contributed by atoms with Crippen molar-refractivity contribution in [3.8, 4) is 0 Å². The minimum Gasteiger partial charge on any atom is -0.469 e. The maximum atomic E-state index is 6.22. The molecule has 2 atom stereocenters. The average Bonchev–Trinajstić information content (AvgIpc) is 3.24. The number of hydrogen-bond donors (Lipinski definition) is 1. The molecule has 20 heavy (non-hydrogen) atoms. The van der Waals surface area contributed by atoms with E-state index in [-0.39, 0.29) is 5.54 Å². The Bertz CT molecular complexity index is 452. The molecule has 0 aliphatic heterocycles.